The summed E-state index contributed by atoms with van der Waals surface area (Å²) in [6.45, 7) is 3.83. The molecule has 3 aromatic rings. The minimum Gasteiger partial charge on any atom is -0.307 e. The molecule has 0 aliphatic heterocycles. The quantitative estimate of drug-likeness (QED) is 0.756. The first-order valence-corrected chi connectivity index (χ1v) is 8.10. The van der Waals surface area contributed by atoms with Gasteiger partial charge in [0.2, 0.25) is 0 Å². The standard InChI is InChI=1S/C20H18N4O2/c1-13-7-9-17(21-11-13)23-19(25)15-5-3-4-6-16(15)20(26)24-18-10-8-14(2)12-22-18/h3-12H,1-2H3,(H,21,23,25)(H,22,24,26). The largest absolute Gasteiger partial charge is 0.307 e. The Hall–Kier alpha value is -3.54. The summed E-state index contributed by atoms with van der Waals surface area (Å²) < 4.78 is 0. The highest BCUT2D eigenvalue weighted by Gasteiger charge is 2.17. The first-order valence-electron chi connectivity index (χ1n) is 8.10. The number of hydrogen-bond acceptors (Lipinski definition) is 4. The van der Waals surface area contributed by atoms with Gasteiger partial charge in [-0.25, -0.2) is 9.97 Å². The molecule has 2 N–H and O–H groups in total. The molecule has 1 aromatic carbocycles. The third-order valence-corrected chi connectivity index (χ3v) is 3.72. The summed E-state index contributed by atoms with van der Waals surface area (Å²) >= 11 is 0. The van der Waals surface area contributed by atoms with Gasteiger partial charge in [0.15, 0.2) is 0 Å². The molecule has 2 amide bonds. The van der Waals surface area contributed by atoms with E-state index in [1.165, 1.54) is 0 Å². The molecule has 0 aliphatic carbocycles. The Bertz CT molecular complexity index is 856. The number of rotatable bonds is 4. The van der Waals surface area contributed by atoms with E-state index < -0.39 is 11.8 Å². The zero-order valence-corrected chi connectivity index (χ0v) is 14.5. The van der Waals surface area contributed by atoms with Crippen LogP contribution < -0.4 is 10.6 Å². The second kappa shape index (κ2) is 7.57. The van der Waals surface area contributed by atoms with Crippen molar-refractivity contribution in [1.29, 1.82) is 0 Å². The van der Waals surface area contributed by atoms with Crippen LogP contribution in [0.5, 0.6) is 0 Å². The first-order chi connectivity index (χ1) is 12.5. The van der Waals surface area contributed by atoms with Crippen molar-refractivity contribution in [2.24, 2.45) is 0 Å². The van der Waals surface area contributed by atoms with Crippen molar-refractivity contribution in [3.05, 3.63) is 83.2 Å². The van der Waals surface area contributed by atoms with Gasteiger partial charge in [-0.05, 0) is 49.2 Å². The van der Waals surface area contributed by atoms with E-state index in [1.807, 2.05) is 26.0 Å². The molecular weight excluding hydrogens is 328 g/mol. The van der Waals surface area contributed by atoms with Crippen molar-refractivity contribution in [3.8, 4) is 0 Å². The van der Waals surface area contributed by atoms with E-state index in [4.69, 9.17) is 0 Å². The van der Waals surface area contributed by atoms with Crippen LogP contribution in [0.1, 0.15) is 31.8 Å². The molecule has 6 nitrogen and oxygen atoms in total. The van der Waals surface area contributed by atoms with Crippen molar-refractivity contribution < 1.29 is 9.59 Å². The highest BCUT2D eigenvalue weighted by Crippen LogP contribution is 2.14. The number of nitrogens with zero attached hydrogens (tertiary/aromatic N) is 2. The Morgan fingerprint density at radius 2 is 1.12 bits per heavy atom. The van der Waals surface area contributed by atoms with E-state index in [0.29, 0.717) is 11.6 Å². The maximum absolute atomic E-state index is 12.6. The van der Waals surface area contributed by atoms with Crippen LogP contribution in [0.3, 0.4) is 0 Å². The lowest BCUT2D eigenvalue weighted by Crippen LogP contribution is -2.20. The predicted molar refractivity (Wildman–Crippen MR) is 100 cm³/mol. The van der Waals surface area contributed by atoms with Gasteiger partial charge in [-0.2, -0.15) is 0 Å². The van der Waals surface area contributed by atoms with Gasteiger partial charge in [0, 0.05) is 12.4 Å². The SMILES string of the molecule is Cc1ccc(NC(=O)c2ccccc2C(=O)Nc2ccc(C)cn2)nc1. The number of aromatic nitrogens is 2. The Labute approximate surface area is 151 Å². The van der Waals surface area contributed by atoms with Gasteiger partial charge in [-0.15, -0.1) is 0 Å². The minimum atomic E-state index is -0.399. The van der Waals surface area contributed by atoms with Crippen LogP contribution >= 0.6 is 0 Å². The number of aryl methyl sites for hydroxylation is 2. The van der Waals surface area contributed by atoms with Crippen LogP contribution in [0.4, 0.5) is 11.6 Å². The summed E-state index contributed by atoms with van der Waals surface area (Å²) in [7, 11) is 0. The van der Waals surface area contributed by atoms with Crippen molar-refractivity contribution in [1.82, 2.24) is 9.97 Å². The van der Waals surface area contributed by atoms with Crippen molar-refractivity contribution in [2.45, 2.75) is 13.8 Å². The van der Waals surface area contributed by atoms with E-state index >= 15 is 0 Å². The van der Waals surface area contributed by atoms with Crippen LogP contribution in [0, 0.1) is 13.8 Å². The molecule has 0 saturated carbocycles. The van der Waals surface area contributed by atoms with Crippen LogP contribution in [0.15, 0.2) is 60.9 Å². The lowest BCUT2D eigenvalue weighted by molar-refractivity contribution is 0.0990. The maximum atomic E-state index is 12.6. The number of pyridine rings is 2. The first kappa shape index (κ1) is 17.3. The molecule has 0 fully saturated rings. The average molecular weight is 346 g/mol. The Morgan fingerprint density at radius 1 is 0.692 bits per heavy atom. The second-order valence-corrected chi connectivity index (χ2v) is 5.90. The molecule has 0 aliphatic rings. The molecule has 130 valence electrons. The molecule has 2 aromatic heterocycles. The minimum absolute atomic E-state index is 0.263. The smallest absolute Gasteiger partial charge is 0.257 e. The molecule has 0 atom stereocenters. The molecule has 3 rings (SSSR count). The summed E-state index contributed by atoms with van der Waals surface area (Å²) in [5.74, 6) is 0.0555. The summed E-state index contributed by atoms with van der Waals surface area (Å²) in [5, 5.41) is 5.41. The highest BCUT2D eigenvalue weighted by atomic mass is 16.2. The van der Waals surface area contributed by atoms with E-state index in [0.717, 1.165) is 11.1 Å². The topological polar surface area (TPSA) is 84.0 Å². The zero-order valence-electron chi connectivity index (χ0n) is 14.5. The molecule has 0 unspecified atom stereocenters. The van der Waals surface area contributed by atoms with Crippen LogP contribution in [-0.2, 0) is 0 Å². The third-order valence-electron chi connectivity index (χ3n) is 3.72. The van der Waals surface area contributed by atoms with Crippen LogP contribution in [0.2, 0.25) is 0 Å². The summed E-state index contributed by atoms with van der Waals surface area (Å²) in [4.78, 5) is 33.5. The lowest BCUT2D eigenvalue weighted by Gasteiger charge is -2.10. The molecule has 0 saturated heterocycles. The highest BCUT2D eigenvalue weighted by molar-refractivity contribution is 6.14. The van der Waals surface area contributed by atoms with Gasteiger partial charge in [0.05, 0.1) is 11.1 Å². The van der Waals surface area contributed by atoms with Gasteiger partial charge < -0.3 is 10.6 Å². The van der Waals surface area contributed by atoms with Gasteiger partial charge in [-0.1, -0.05) is 24.3 Å². The number of carbonyl (C=O) groups is 2. The van der Waals surface area contributed by atoms with Crippen molar-refractivity contribution >= 4 is 23.5 Å². The summed E-state index contributed by atoms with van der Waals surface area (Å²) in [6, 6.07) is 13.7. The van der Waals surface area contributed by atoms with E-state index in [1.54, 1.807) is 48.8 Å². The number of carbonyl (C=O) groups excluding carboxylic acids is 2. The summed E-state index contributed by atoms with van der Waals surface area (Å²) in [6.07, 6.45) is 3.33. The van der Waals surface area contributed by atoms with Gasteiger partial charge in [0.1, 0.15) is 11.6 Å². The fourth-order valence-corrected chi connectivity index (χ4v) is 2.33. The van der Waals surface area contributed by atoms with Crippen LogP contribution in [0.25, 0.3) is 0 Å². The van der Waals surface area contributed by atoms with Crippen LogP contribution in [-0.4, -0.2) is 21.8 Å². The van der Waals surface area contributed by atoms with Gasteiger partial charge in [0.25, 0.3) is 11.8 Å². The van der Waals surface area contributed by atoms with E-state index in [-0.39, 0.29) is 11.1 Å². The number of nitrogens with one attached hydrogen (secondary N) is 2. The molecule has 0 bridgehead atoms. The molecular formula is C20H18N4O2. The number of amides is 2. The fourth-order valence-electron chi connectivity index (χ4n) is 2.33. The number of anilines is 2. The van der Waals surface area contributed by atoms with Gasteiger partial charge in [-0.3, -0.25) is 9.59 Å². The number of benzene rings is 1. The number of hydrogen-bond donors (Lipinski definition) is 2. The second-order valence-electron chi connectivity index (χ2n) is 5.90. The third kappa shape index (κ3) is 4.10. The van der Waals surface area contributed by atoms with Gasteiger partial charge >= 0.3 is 0 Å². The fraction of sp³-hybridized carbons (Fsp3) is 0.100. The average Bonchev–Trinajstić information content (AvgIpc) is 2.65. The lowest BCUT2D eigenvalue weighted by atomic mass is 10.1. The normalized spacial score (nSPS) is 10.2. The maximum Gasteiger partial charge on any atom is 0.257 e. The molecule has 2 heterocycles. The summed E-state index contributed by atoms with van der Waals surface area (Å²) in [5.41, 5.74) is 2.51. The van der Waals surface area contributed by atoms with E-state index in [2.05, 4.69) is 20.6 Å². The predicted octanol–water partition coefficient (Wildman–Crippen LogP) is 3.60. The molecule has 0 spiro atoms. The zero-order chi connectivity index (χ0) is 18.5. The van der Waals surface area contributed by atoms with Crippen molar-refractivity contribution in [3.63, 3.8) is 0 Å². The van der Waals surface area contributed by atoms with E-state index in [9.17, 15) is 9.59 Å². The van der Waals surface area contributed by atoms with Crippen molar-refractivity contribution in [2.75, 3.05) is 10.6 Å². The Morgan fingerprint density at radius 3 is 1.46 bits per heavy atom. The molecule has 26 heavy (non-hydrogen) atoms. The molecule has 0 radical (unpaired) electrons. The Kier molecular flexibility index (Phi) is 5.03. The monoisotopic (exact) mass is 346 g/mol. The molecule has 6 heteroatoms. The Balaban J connectivity index is 1.80.